The molecule has 0 saturated heterocycles. The van der Waals surface area contributed by atoms with Gasteiger partial charge >= 0.3 is 0 Å². The van der Waals surface area contributed by atoms with Gasteiger partial charge in [0.2, 0.25) is 0 Å². The number of rotatable bonds is 3. The van der Waals surface area contributed by atoms with Crippen molar-refractivity contribution in [1.29, 1.82) is 0 Å². The van der Waals surface area contributed by atoms with Gasteiger partial charge in [-0.15, -0.1) is 0 Å². The van der Waals surface area contributed by atoms with E-state index in [0.29, 0.717) is 17.5 Å². The third kappa shape index (κ3) is 3.15. The number of hydrogen-bond acceptors (Lipinski definition) is 3. The lowest BCUT2D eigenvalue weighted by molar-refractivity contribution is 0.843. The maximum Gasteiger partial charge on any atom is 0.196 e. The van der Waals surface area contributed by atoms with E-state index in [1.807, 2.05) is 66.7 Å². The molecule has 1 heterocycles. The summed E-state index contributed by atoms with van der Waals surface area (Å²) < 4.78 is 1.56. The molecule has 0 radical (unpaired) electrons. The summed E-state index contributed by atoms with van der Waals surface area (Å²) in [5.74, 6) is 0.518. The van der Waals surface area contributed by atoms with Gasteiger partial charge in [-0.05, 0) is 17.8 Å². The Morgan fingerprint density at radius 2 is 1.68 bits per heavy atom. The summed E-state index contributed by atoms with van der Waals surface area (Å²) >= 11 is 5.38. The number of thiocarbonyl (C=S) groups is 1. The molecule has 0 saturated carbocycles. The Labute approximate surface area is 134 Å². The predicted molar refractivity (Wildman–Crippen MR) is 93.4 cm³/mol. The lowest BCUT2D eigenvalue weighted by Gasteiger charge is -2.09. The lowest BCUT2D eigenvalue weighted by Crippen LogP contribution is -2.29. The summed E-state index contributed by atoms with van der Waals surface area (Å²) in [5.41, 5.74) is 8.99. The molecule has 0 bridgehead atoms. The molecule has 0 aliphatic carbocycles. The van der Waals surface area contributed by atoms with Crippen LogP contribution in [0.1, 0.15) is 5.56 Å². The average molecular weight is 308 g/mol. The van der Waals surface area contributed by atoms with E-state index in [-0.39, 0.29) is 0 Å². The van der Waals surface area contributed by atoms with Crippen LogP contribution in [0.2, 0.25) is 0 Å². The van der Waals surface area contributed by atoms with Crippen molar-refractivity contribution in [2.75, 3.05) is 5.73 Å². The van der Waals surface area contributed by atoms with Crippen LogP contribution in [-0.4, -0.2) is 14.9 Å². The fourth-order valence-electron chi connectivity index (χ4n) is 2.16. The van der Waals surface area contributed by atoms with E-state index in [1.165, 1.54) is 0 Å². The SMILES string of the molecule is Nc1cc(-c2ccccc2)nn1C(=S)NCc1ccccc1. The van der Waals surface area contributed by atoms with Crippen LogP contribution < -0.4 is 11.1 Å². The van der Waals surface area contributed by atoms with Crippen LogP contribution in [0.3, 0.4) is 0 Å². The highest BCUT2D eigenvalue weighted by Gasteiger charge is 2.10. The number of hydrogen-bond donors (Lipinski definition) is 2. The van der Waals surface area contributed by atoms with Gasteiger partial charge in [0.1, 0.15) is 5.82 Å². The molecule has 4 nitrogen and oxygen atoms in total. The van der Waals surface area contributed by atoms with Crippen LogP contribution in [0.5, 0.6) is 0 Å². The van der Waals surface area contributed by atoms with Crippen molar-refractivity contribution < 1.29 is 0 Å². The van der Waals surface area contributed by atoms with Crippen LogP contribution in [0.25, 0.3) is 11.3 Å². The van der Waals surface area contributed by atoms with Gasteiger partial charge in [0.25, 0.3) is 0 Å². The van der Waals surface area contributed by atoms with Gasteiger partial charge in [-0.1, -0.05) is 60.7 Å². The first kappa shape index (κ1) is 14.3. The number of nitrogen functional groups attached to an aromatic ring is 1. The van der Waals surface area contributed by atoms with Crippen molar-refractivity contribution in [3.63, 3.8) is 0 Å². The van der Waals surface area contributed by atoms with E-state index in [0.717, 1.165) is 16.8 Å². The third-order valence-corrected chi connectivity index (χ3v) is 3.60. The zero-order valence-corrected chi connectivity index (χ0v) is 12.8. The highest BCUT2D eigenvalue weighted by molar-refractivity contribution is 7.80. The van der Waals surface area contributed by atoms with Crippen molar-refractivity contribution in [1.82, 2.24) is 15.1 Å². The molecule has 110 valence electrons. The highest BCUT2D eigenvalue weighted by Crippen LogP contribution is 2.19. The largest absolute Gasteiger partial charge is 0.383 e. The van der Waals surface area contributed by atoms with Gasteiger partial charge in [-0.25, -0.2) is 0 Å². The van der Waals surface area contributed by atoms with Crippen molar-refractivity contribution >= 4 is 23.1 Å². The molecule has 0 aliphatic heterocycles. The molecule has 0 unspecified atom stereocenters. The normalized spacial score (nSPS) is 10.4. The molecule has 3 N–H and O–H groups in total. The van der Waals surface area contributed by atoms with Crippen LogP contribution in [0.15, 0.2) is 66.7 Å². The third-order valence-electron chi connectivity index (χ3n) is 3.29. The Morgan fingerprint density at radius 3 is 2.36 bits per heavy atom. The molecule has 3 rings (SSSR count). The summed E-state index contributed by atoms with van der Waals surface area (Å²) in [5, 5.41) is 8.14. The molecular formula is C17H16N4S. The summed E-state index contributed by atoms with van der Waals surface area (Å²) in [6, 6.07) is 21.8. The quantitative estimate of drug-likeness (QED) is 0.730. The van der Waals surface area contributed by atoms with Gasteiger partial charge in [0.05, 0.1) is 5.69 Å². The highest BCUT2D eigenvalue weighted by atomic mass is 32.1. The minimum atomic E-state index is 0.489. The molecule has 0 atom stereocenters. The fraction of sp³-hybridized carbons (Fsp3) is 0.0588. The second-order valence-corrected chi connectivity index (χ2v) is 5.26. The molecule has 0 aliphatic rings. The minimum absolute atomic E-state index is 0.489. The molecule has 5 heteroatoms. The monoisotopic (exact) mass is 308 g/mol. The van der Waals surface area contributed by atoms with E-state index >= 15 is 0 Å². The van der Waals surface area contributed by atoms with Gasteiger partial charge in [0, 0.05) is 18.2 Å². The second-order valence-electron chi connectivity index (χ2n) is 4.88. The minimum Gasteiger partial charge on any atom is -0.383 e. The lowest BCUT2D eigenvalue weighted by atomic mass is 10.2. The van der Waals surface area contributed by atoms with E-state index < -0.39 is 0 Å². The molecule has 0 spiro atoms. The van der Waals surface area contributed by atoms with E-state index in [1.54, 1.807) is 4.68 Å². The summed E-state index contributed by atoms with van der Waals surface area (Å²) in [6.07, 6.45) is 0. The molecule has 1 aromatic heterocycles. The topological polar surface area (TPSA) is 55.9 Å². The summed E-state index contributed by atoms with van der Waals surface area (Å²) in [7, 11) is 0. The Balaban J connectivity index is 1.74. The van der Waals surface area contributed by atoms with Crippen molar-refractivity contribution in [3.05, 3.63) is 72.3 Å². The Hall–Kier alpha value is -2.66. The number of nitrogens with two attached hydrogens (primary N) is 1. The second kappa shape index (κ2) is 6.41. The first-order chi connectivity index (χ1) is 10.7. The Morgan fingerprint density at radius 1 is 1.05 bits per heavy atom. The fourth-order valence-corrected chi connectivity index (χ4v) is 2.38. The van der Waals surface area contributed by atoms with Gasteiger partial charge < -0.3 is 11.1 Å². The number of nitrogens with one attached hydrogen (secondary N) is 1. The summed E-state index contributed by atoms with van der Waals surface area (Å²) in [6.45, 7) is 0.639. The molecule has 2 aromatic carbocycles. The Bertz CT molecular complexity index is 766. The first-order valence-electron chi connectivity index (χ1n) is 6.97. The van der Waals surface area contributed by atoms with Crippen LogP contribution in [0, 0.1) is 0 Å². The number of aromatic nitrogens is 2. The van der Waals surface area contributed by atoms with Gasteiger partial charge in [0.15, 0.2) is 5.11 Å². The maximum absolute atomic E-state index is 6.02. The van der Waals surface area contributed by atoms with E-state index in [4.69, 9.17) is 18.0 Å². The molecule has 3 aromatic rings. The maximum atomic E-state index is 6.02. The van der Waals surface area contributed by atoms with E-state index in [9.17, 15) is 0 Å². The van der Waals surface area contributed by atoms with Crippen LogP contribution in [0.4, 0.5) is 5.82 Å². The average Bonchev–Trinajstić information content (AvgIpc) is 2.96. The van der Waals surface area contributed by atoms with Crippen LogP contribution >= 0.6 is 12.2 Å². The predicted octanol–water partition coefficient (Wildman–Crippen LogP) is 3.06. The number of nitrogens with zero attached hydrogens (tertiary/aromatic N) is 2. The van der Waals surface area contributed by atoms with Gasteiger partial charge in [-0.3, -0.25) is 0 Å². The van der Waals surface area contributed by atoms with Gasteiger partial charge in [-0.2, -0.15) is 9.78 Å². The molecule has 22 heavy (non-hydrogen) atoms. The molecular weight excluding hydrogens is 292 g/mol. The first-order valence-corrected chi connectivity index (χ1v) is 7.38. The number of anilines is 1. The van der Waals surface area contributed by atoms with Crippen LogP contribution in [-0.2, 0) is 6.54 Å². The zero-order valence-electron chi connectivity index (χ0n) is 11.9. The van der Waals surface area contributed by atoms with E-state index in [2.05, 4.69) is 10.4 Å². The van der Waals surface area contributed by atoms with Crippen molar-refractivity contribution in [3.8, 4) is 11.3 Å². The standard InChI is InChI=1S/C17H16N4S/c18-16-11-15(14-9-5-2-6-10-14)20-21(16)17(22)19-12-13-7-3-1-4-8-13/h1-11H,12,18H2,(H,19,22). The molecule has 0 amide bonds. The van der Waals surface area contributed by atoms with Crippen molar-refractivity contribution in [2.45, 2.75) is 6.54 Å². The molecule has 0 fully saturated rings. The zero-order chi connectivity index (χ0) is 15.4. The summed E-state index contributed by atoms with van der Waals surface area (Å²) in [4.78, 5) is 0. The Kier molecular flexibility index (Phi) is 4.16. The smallest absolute Gasteiger partial charge is 0.196 e. The number of benzene rings is 2. The van der Waals surface area contributed by atoms with Crippen molar-refractivity contribution in [2.24, 2.45) is 0 Å².